The van der Waals surface area contributed by atoms with E-state index in [9.17, 15) is 4.55 Å². The van der Waals surface area contributed by atoms with Gasteiger partial charge in [-0.1, -0.05) is 16.5 Å². The minimum Gasteiger partial charge on any atom is -0.591 e. The van der Waals surface area contributed by atoms with Gasteiger partial charge in [-0.3, -0.25) is 0 Å². The van der Waals surface area contributed by atoms with Crippen LogP contribution in [0.15, 0.2) is 22.6 Å². The molecule has 1 aromatic rings. The van der Waals surface area contributed by atoms with E-state index >= 15 is 0 Å². The van der Waals surface area contributed by atoms with Crippen molar-refractivity contribution in [3.05, 3.63) is 34.9 Å². The molecule has 0 N–H and O–H groups in total. The second-order valence-electron chi connectivity index (χ2n) is 5.34. The minimum absolute atomic E-state index is 0.345. The van der Waals surface area contributed by atoms with Gasteiger partial charge in [0.1, 0.15) is 16.1 Å². The number of hydrogen-bond donors (Lipinski definition) is 0. The number of fused-ring (bicyclic) bond motifs is 1. The number of benzene rings is 1. The second-order valence-corrected chi connectivity index (χ2v) is 7.25. The van der Waals surface area contributed by atoms with Crippen LogP contribution < -0.4 is 0 Å². The highest BCUT2D eigenvalue weighted by atomic mass is 32.2. The Morgan fingerprint density at radius 1 is 1.33 bits per heavy atom. The molecule has 0 fully saturated rings. The summed E-state index contributed by atoms with van der Waals surface area (Å²) in [5.41, 5.74) is 3.62. The molecule has 3 nitrogen and oxygen atoms in total. The van der Waals surface area contributed by atoms with E-state index in [0.717, 1.165) is 29.7 Å². The predicted octanol–water partition coefficient (Wildman–Crippen LogP) is 2.76. The SMILES string of the molecule is CC(C)(C)[S@@+]([O-])/N=C1/CCc2c(C#N)cccc21. The molecule has 1 aromatic carbocycles. The van der Waals surface area contributed by atoms with E-state index in [1.54, 1.807) is 0 Å². The third kappa shape index (κ3) is 2.43. The molecule has 18 heavy (non-hydrogen) atoms. The molecular formula is C14H16N2OS. The van der Waals surface area contributed by atoms with Crippen LogP contribution in [-0.4, -0.2) is 15.0 Å². The fraction of sp³-hybridized carbons (Fsp3) is 0.429. The highest BCUT2D eigenvalue weighted by Gasteiger charge is 2.29. The van der Waals surface area contributed by atoms with Gasteiger partial charge in [0.2, 0.25) is 0 Å². The van der Waals surface area contributed by atoms with Gasteiger partial charge in [0.15, 0.2) is 0 Å². The quantitative estimate of drug-likeness (QED) is 0.729. The second kappa shape index (κ2) is 4.75. The Hall–Kier alpha value is -1.31. The first-order valence-electron chi connectivity index (χ1n) is 5.95. The van der Waals surface area contributed by atoms with Crippen molar-refractivity contribution < 1.29 is 4.55 Å². The number of rotatable bonds is 1. The van der Waals surface area contributed by atoms with E-state index in [0.29, 0.717) is 5.56 Å². The number of nitrogens with zero attached hydrogens (tertiary/aromatic N) is 2. The van der Waals surface area contributed by atoms with Gasteiger partial charge < -0.3 is 4.55 Å². The maximum absolute atomic E-state index is 12.0. The van der Waals surface area contributed by atoms with Crippen LogP contribution in [0.2, 0.25) is 0 Å². The molecule has 0 bridgehead atoms. The summed E-state index contributed by atoms with van der Waals surface area (Å²) in [6, 6.07) is 7.84. The molecule has 94 valence electrons. The largest absolute Gasteiger partial charge is 0.591 e. The molecule has 1 aliphatic carbocycles. The van der Waals surface area contributed by atoms with Gasteiger partial charge in [-0.2, -0.15) is 5.26 Å². The van der Waals surface area contributed by atoms with Crippen molar-refractivity contribution in [2.75, 3.05) is 0 Å². The molecule has 0 aliphatic heterocycles. The molecule has 0 unspecified atom stereocenters. The first-order chi connectivity index (χ1) is 8.43. The van der Waals surface area contributed by atoms with Crippen LogP contribution in [-0.2, 0) is 17.8 Å². The summed E-state index contributed by atoms with van der Waals surface area (Å²) < 4.78 is 16.0. The minimum atomic E-state index is -1.24. The van der Waals surface area contributed by atoms with Crippen LogP contribution >= 0.6 is 0 Å². The molecule has 0 aromatic heterocycles. The monoisotopic (exact) mass is 260 g/mol. The number of nitriles is 1. The average Bonchev–Trinajstić information content (AvgIpc) is 2.71. The Bertz CT molecular complexity index is 538. The summed E-state index contributed by atoms with van der Waals surface area (Å²) in [6.07, 6.45) is 1.59. The highest BCUT2D eigenvalue weighted by molar-refractivity contribution is 7.91. The lowest BCUT2D eigenvalue weighted by atomic mass is 10.0. The molecule has 0 radical (unpaired) electrons. The lowest BCUT2D eigenvalue weighted by molar-refractivity contribution is 0.561. The Morgan fingerprint density at radius 2 is 2.06 bits per heavy atom. The van der Waals surface area contributed by atoms with Crippen LogP contribution in [0.1, 0.15) is 43.9 Å². The standard InChI is InChI=1S/C14H16N2OS/c1-14(2,3)18(17)16-13-8-7-11-10(9-15)5-4-6-12(11)13/h4-6H,7-8H2,1-3H3/b16-13-/t18-/m1/s1. The van der Waals surface area contributed by atoms with E-state index in [2.05, 4.69) is 10.5 Å². The van der Waals surface area contributed by atoms with Crippen molar-refractivity contribution in [2.45, 2.75) is 38.4 Å². The lowest BCUT2D eigenvalue weighted by Crippen LogP contribution is -2.26. The van der Waals surface area contributed by atoms with Gasteiger partial charge in [0.25, 0.3) is 0 Å². The van der Waals surface area contributed by atoms with Crippen molar-refractivity contribution in [3.63, 3.8) is 0 Å². The lowest BCUT2D eigenvalue weighted by Gasteiger charge is -2.18. The van der Waals surface area contributed by atoms with Crippen LogP contribution in [0.25, 0.3) is 0 Å². The van der Waals surface area contributed by atoms with Crippen molar-refractivity contribution >= 4 is 17.1 Å². The summed E-state index contributed by atoms with van der Waals surface area (Å²) in [4.78, 5) is 0. The Balaban J connectivity index is 2.39. The summed E-state index contributed by atoms with van der Waals surface area (Å²) in [5.74, 6) is 0. The zero-order valence-electron chi connectivity index (χ0n) is 10.9. The maximum atomic E-state index is 12.0. The van der Waals surface area contributed by atoms with Gasteiger partial charge in [-0.15, -0.1) is 0 Å². The molecule has 0 spiro atoms. The topological polar surface area (TPSA) is 59.2 Å². The molecule has 0 saturated heterocycles. The highest BCUT2D eigenvalue weighted by Crippen LogP contribution is 2.28. The smallest absolute Gasteiger partial charge is 0.144 e. The first kappa shape index (κ1) is 13.1. The Kier molecular flexibility index (Phi) is 3.47. The van der Waals surface area contributed by atoms with E-state index < -0.39 is 11.4 Å². The van der Waals surface area contributed by atoms with Gasteiger partial charge >= 0.3 is 0 Å². The fourth-order valence-corrected chi connectivity index (χ4v) is 2.60. The third-order valence-electron chi connectivity index (χ3n) is 2.94. The zero-order valence-corrected chi connectivity index (χ0v) is 11.7. The molecule has 2 rings (SSSR count). The molecule has 1 atom stereocenters. The zero-order chi connectivity index (χ0) is 13.3. The predicted molar refractivity (Wildman–Crippen MR) is 73.9 cm³/mol. The summed E-state index contributed by atoms with van der Waals surface area (Å²) in [6.45, 7) is 5.73. The van der Waals surface area contributed by atoms with Crippen LogP contribution in [0, 0.1) is 11.3 Å². The molecular weight excluding hydrogens is 244 g/mol. The third-order valence-corrected chi connectivity index (χ3v) is 4.37. The van der Waals surface area contributed by atoms with E-state index in [4.69, 9.17) is 5.26 Å². The summed E-state index contributed by atoms with van der Waals surface area (Å²) in [7, 11) is 0. The fourth-order valence-electron chi connectivity index (χ4n) is 1.94. The van der Waals surface area contributed by atoms with Gasteiger partial charge in [-0.25, -0.2) is 0 Å². The Morgan fingerprint density at radius 3 is 2.67 bits per heavy atom. The van der Waals surface area contributed by atoms with Crippen molar-refractivity contribution in [2.24, 2.45) is 4.40 Å². The Labute approximate surface area is 111 Å². The molecule has 0 saturated carbocycles. The van der Waals surface area contributed by atoms with E-state index in [1.165, 1.54) is 0 Å². The summed E-state index contributed by atoms with van der Waals surface area (Å²) >= 11 is -1.24. The van der Waals surface area contributed by atoms with Crippen LogP contribution in [0.5, 0.6) is 0 Å². The first-order valence-corrected chi connectivity index (χ1v) is 7.06. The molecule has 1 aliphatic rings. The summed E-state index contributed by atoms with van der Waals surface area (Å²) in [5, 5.41) is 9.05. The van der Waals surface area contributed by atoms with Gasteiger partial charge in [-0.05, 0) is 45.2 Å². The van der Waals surface area contributed by atoms with Gasteiger partial charge in [0.05, 0.1) is 17.3 Å². The normalized spacial score (nSPS) is 18.5. The average molecular weight is 260 g/mol. The van der Waals surface area contributed by atoms with Crippen LogP contribution in [0.4, 0.5) is 0 Å². The van der Waals surface area contributed by atoms with Gasteiger partial charge in [0, 0.05) is 5.56 Å². The van der Waals surface area contributed by atoms with Crippen LogP contribution in [0.3, 0.4) is 0 Å². The number of hydrogen-bond acceptors (Lipinski definition) is 3. The molecule has 0 amide bonds. The van der Waals surface area contributed by atoms with Crippen molar-refractivity contribution in [1.82, 2.24) is 0 Å². The van der Waals surface area contributed by atoms with E-state index in [1.807, 2.05) is 39.0 Å². The van der Waals surface area contributed by atoms with Crippen molar-refractivity contribution in [1.29, 1.82) is 5.26 Å². The van der Waals surface area contributed by atoms with Crippen molar-refractivity contribution in [3.8, 4) is 6.07 Å². The molecule has 0 heterocycles. The van der Waals surface area contributed by atoms with E-state index in [-0.39, 0.29) is 4.75 Å². The molecule has 4 heteroatoms. The maximum Gasteiger partial charge on any atom is 0.144 e.